The minimum Gasteiger partial charge on any atom is -0.497 e. The molecule has 0 unspecified atom stereocenters. The van der Waals surface area contributed by atoms with Gasteiger partial charge in [0.25, 0.3) is 0 Å². The van der Waals surface area contributed by atoms with Gasteiger partial charge in [-0.3, -0.25) is 14.5 Å². The highest BCUT2D eigenvalue weighted by atomic mass is 32.2. The van der Waals surface area contributed by atoms with E-state index in [1.54, 1.807) is 37.4 Å². The molecule has 8 nitrogen and oxygen atoms in total. The molecule has 0 aliphatic carbocycles. The maximum atomic E-state index is 13.4. The highest BCUT2D eigenvalue weighted by Crippen LogP contribution is 2.35. The molecule has 36 heavy (non-hydrogen) atoms. The second-order valence-electron chi connectivity index (χ2n) is 8.07. The van der Waals surface area contributed by atoms with Crippen molar-refractivity contribution in [3.63, 3.8) is 0 Å². The van der Waals surface area contributed by atoms with E-state index in [2.05, 4.69) is 10.3 Å². The number of thioether (sulfide) groups is 1. The Morgan fingerprint density at radius 2 is 1.86 bits per heavy atom. The molecule has 1 fully saturated rings. The number of fused-ring (bicyclic) bond motifs is 1. The van der Waals surface area contributed by atoms with Gasteiger partial charge < -0.3 is 19.5 Å². The third kappa shape index (κ3) is 5.28. The summed E-state index contributed by atoms with van der Waals surface area (Å²) in [6, 6.07) is 18.0. The predicted octanol–water partition coefficient (Wildman–Crippen LogP) is 4.72. The number of hydrogen-bond donors (Lipinski definition) is 1. The molecule has 2 aliphatic rings. The zero-order chi connectivity index (χ0) is 25.1. The number of amides is 2. The van der Waals surface area contributed by atoms with Crippen LogP contribution in [0.4, 0.5) is 15.8 Å². The van der Waals surface area contributed by atoms with Crippen LogP contribution in [0.2, 0.25) is 0 Å². The van der Waals surface area contributed by atoms with Gasteiger partial charge >= 0.3 is 0 Å². The van der Waals surface area contributed by atoms with E-state index < -0.39 is 5.25 Å². The van der Waals surface area contributed by atoms with Crippen molar-refractivity contribution in [1.29, 1.82) is 0 Å². The Kier molecular flexibility index (Phi) is 6.77. The maximum absolute atomic E-state index is 13.4. The second-order valence-corrected chi connectivity index (χ2v) is 9.24. The zero-order valence-electron chi connectivity index (χ0n) is 19.3. The minimum atomic E-state index is -0.688. The smallest absolute Gasteiger partial charge is 0.238 e. The Morgan fingerprint density at radius 1 is 1.11 bits per heavy atom. The molecule has 3 aromatic carbocycles. The Balaban J connectivity index is 1.38. The van der Waals surface area contributed by atoms with Crippen LogP contribution in [0.25, 0.3) is 0 Å². The molecule has 3 aromatic rings. The van der Waals surface area contributed by atoms with Crippen molar-refractivity contribution in [3.05, 3.63) is 78.1 Å². The van der Waals surface area contributed by atoms with Crippen molar-refractivity contribution in [2.45, 2.75) is 18.2 Å². The molecule has 0 saturated carbocycles. The van der Waals surface area contributed by atoms with Crippen LogP contribution in [0.15, 0.2) is 71.7 Å². The monoisotopic (exact) mass is 507 g/mol. The first-order valence-electron chi connectivity index (χ1n) is 11.1. The molecule has 2 aliphatic heterocycles. The van der Waals surface area contributed by atoms with E-state index in [-0.39, 0.29) is 37.4 Å². The predicted molar refractivity (Wildman–Crippen MR) is 134 cm³/mol. The van der Waals surface area contributed by atoms with E-state index in [0.29, 0.717) is 33.8 Å². The van der Waals surface area contributed by atoms with E-state index in [1.807, 2.05) is 12.1 Å². The normalized spacial score (nSPS) is 17.8. The third-order valence-electron chi connectivity index (χ3n) is 5.62. The van der Waals surface area contributed by atoms with Gasteiger partial charge in [0, 0.05) is 12.1 Å². The fraction of sp³-hybridized carbons (Fsp3) is 0.192. The number of carbonyl (C=O) groups is 2. The molecule has 184 valence electrons. The van der Waals surface area contributed by atoms with E-state index in [0.717, 1.165) is 5.56 Å². The van der Waals surface area contributed by atoms with E-state index in [4.69, 9.17) is 14.2 Å². The van der Waals surface area contributed by atoms with Gasteiger partial charge in [0.2, 0.25) is 18.6 Å². The van der Waals surface area contributed by atoms with Gasteiger partial charge in [-0.1, -0.05) is 17.8 Å². The lowest BCUT2D eigenvalue weighted by molar-refractivity contribution is -0.129. The second kappa shape index (κ2) is 10.3. The number of nitrogens with one attached hydrogen (secondary N) is 1. The average molecular weight is 508 g/mol. The number of anilines is 1. The molecule has 2 amide bonds. The molecular weight excluding hydrogens is 485 g/mol. The van der Waals surface area contributed by atoms with Crippen LogP contribution in [0.1, 0.15) is 12.0 Å². The molecule has 1 atom stereocenters. The number of amidine groups is 1. The summed E-state index contributed by atoms with van der Waals surface area (Å²) in [5, 5.41) is 2.51. The number of carbonyl (C=O) groups excluding carboxylic acids is 2. The lowest BCUT2D eigenvalue weighted by Crippen LogP contribution is -2.44. The van der Waals surface area contributed by atoms with Gasteiger partial charge in [0.15, 0.2) is 16.7 Å². The summed E-state index contributed by atoms with van der Waals surface area (Å²) in [7, 11) is 1.56. The first-order chi connectivity index (χ1) is 17.5. The third-order valence-corrected chi connectivity index (χ3v) is 6.81. The van der Waals surface area contributed by atoms with E-state index in [1.165, 1.54) is 40.9 Å². The number of rotatable bonds is 6. The first kappa shape index (κ1) is 23.7. The van der Waals surface area contributed by atoms with Crippen LogP contribution >= 0.6 is 11.8 Å². The summed E-state index contributed by atoms with van der Waals surface area (Å²) >= 11 is 1.19. The van der Waals surface area contributed by atoms with Gasteiger partial charge in [-0.25, -0.2) is 9.38 Å². The lowest BCUT2D eigenvalue weighted by atomic mass is 10.1. The van der Waals surface area contributed by atoms with Gasteiger partial charge in [0.05, 0.1) is 19.3 Å². The number of hydrogen-bond acceptors (Lipinski definition) is 7. The summed E-state index contributed by atoms with van der Waals surface area (Å²) in [5.74, 6) is 0.977. The van der Waals surface area contributed by atoms with Crippen molar-refractivity contribution in [3.8, 4) is 17.2 Å². The molecule has 0 bridgehead atoms. The summed E-state index contributed by atoms with van der Waals surface area (Å²) in [6.45, 7) is 0.384. The van der Waals surface area contributed by atoms with Crippen molar-refractivity contribution in [2.75, 3.05) is 19.2 Å². The molecule has 0 spiro atoms. The Hall–Kier alpha value is -4.05. The van der Waals surface area contributed by atoms with Crippen molar-refractivity contribution in [1.82, 2.24) is 4.90 Å². The van der Waals surface area contributed by atoms with E-state index in [9.17, 15) is 14.0 Å². The molecule has 10 heteroatoms. The topological polar surface area (TPSA) is 89.5 Å². The SMILES string of the molecule is COc1ccc(NC(=O)[C@@H]2CC(=O)N(Cc3ccc4c(c3)OCO4)C(=Nc3ccc(F)cc3)S2)cc1. The van der Waals surface area contributed by atoms with Crippen molar-refractivity contribution < 1.29 is 28.2 Å². The quantitative estimate of drug-likeness (QED) is 0.519. The van der Waals surface area contributed by atoms with Gasteiger partial charge in [0.1, 0.15) is 16.8 Å². The summed E-state index contributed by atoms with van der Waals surface area (Å²) in [6.07, 6.45) is -0.000353. The van der Waals surface area contributed by atoms with Crippen LogP contribution in [-0.4, -0.2) is 41.0 Å². The Labute approximate surface area is 211 Å². The van der Waals surface area contributed by atoms with Crippen molar-refractivity contribution in [2.24, 2.45) is 4.99 Å². The van der Waals surface area contributed by atoms with Gasteiger partial charge in [-0.15, -0.1) is 0 Å². The number of benzene rings is 3. The average Bonchev–Trinajstić information content (AvgIpc) is 3.35. The number of halogens is 1. The van der Waals surface area contributed by atoms with Crippen molar-refractivity contribution >= 4 is 40.1 Å². The number of methoxy groups -OCH3 is 1. The summed E-state index contributed by atoms with van der Waals surface area (Å²) in [4.78, 5) is 32.4. The largest absolute Gasteiger partial charge is 0.497 e. The molecule has 0 aromatic heterocycles. The summed E-state index contributed by atoms with van der Waals surface area (Å²) < 4.78 is 29.4. The minimum absolute atomic E-state index is 0.000353. The van der Waals surface area contributed by atoms with Crippen LogP contribution in [-0.2, 0) is 16.1 Å². The Morgan fingerprint density at radius 3 is 2.61 bits per heavy atom. The number of nitrogens with zero attached hydrogens (tertiary/aromatic N) is 2. The highest BCUT2D eigenvalue weighted by molar-refractivity contribution is 8.15. The molecule has 5 rings (SSSR count). The van der Waals surface area contributed by atoms with E-state index >= 15 is 0 Å². The lowest BCUT2D eigenvalue weighted by Gasteiger charge is -2.32. The van der Waals surface area contributed by atoms with Crippen LogP contribution in [0.3, 0.4) is 0 Å². The maximum Gasteiger partial charge on any atom is 0.238 e. The fourth-order valence-corrected chi connectivity index (χ4v) is 4.84. The number of aliphatic imine (C=N–C) groups is 1. The van der Waals surface area contributed by atoms with Crippen LogP contribution < -0.4 is 19.5 Å². The molecule has 0 radical (unpaired) electrons. The molecule has 1 N–H and O–H groups in total. The standard InChI is InChI=1S/C26H22FN3O5S/c1-33-20-9-7-18(8-10-20)28-25(32)23-13-24(31)30(14-16-2-11-21-22(12-16)35-15-34-21)26(36-23)29-19-5-3-17(27)4-6-19/h2-12,23H,13-15H2,1H3,(H,28,32)/t23-/m0/s1. The fourth-order valence-electron chi connectivity index (χ4n) is 3.74. The van der Waals surface area contributed by atoms with Gasteiger partial charge in [-0.2, -0.15) is 0 Å². The summed E-state index contributed by atoms with van der Waals surface area (Å²) in [5.41, 5.74) is 1.88. The molecule has 1 saturated heterocycles. The van der Waals surface area contributed by atoms with Gasteiger partial charge in [-0.05, 0) is 66.2 Å². The zero-order valence-corrected chi connectivity index (χ0v) is 20.1. The number of ether oxygens (including phenoxy) is 3. The van der Waals surface area contributed by atoms with Crippen LogP contribution in [0, 0.1) is 5.82 Å². The Bertz CT molecular complexity index is 1310. The van der Waals surface area contributed by atoms with Crippen LogP contribution in [0.5, 0.6) is 17.2 Å². The highest BCUT2D eigenvalue weighted by Gasteiger charge is 2.36. The molecular formula is C26H22FN3O5S. The molecule has 2 heterocycles. The first-order valence-corrected chi connectivity index (χ1v) is 12.0.